The van der Waals surface area contributed by atoms with Gasteiger partial charge in [0.1, 0.15) is 5.75 Å². The van der Waals surface area contributed by atoms with Crippen LogP contribution in [0.3, 0.4) is 0 Å². The monoisotopic (exact) mass is 273 g/mol. The molecule has 1 aromatic carbocycles. The molecule has 1 N–H and O–H groups in total. The summed E-state index contributed by atoms with van der Waals surface area (Å²) in [7, 11) is 0. The second-order valence-corrected chi connectivity index (χ2v) is 3.83. The van der Waals surface area contributed by atoms with Crippen LogP contribution in [0.25, 0.3) is 6.08 Å². The maximum Gasteiger partial charge on any atom is 0.140 e. The predicted octanol–water partition coefficient (Wildman–Crippen LogP) is 2.58. The van der Waals surface area contributed by atoms with Crippen molar-refractivity contribution in [3.8, 4) is 5.75 Å². The number of nitrogens with zero attached hydrogens (tertiary/aromatic N) is 1. The van der Waals surface area contributed by atoms with Gasteiger partial charge in [0, 0.05) is 12.1 Å². The number of benzene rings is 1. The molecule has 0 saturated heterocycles. The Labute approximate surface area is 85.0 Å². The molecule has 1 aliphatic rings. The normalized spacial score (nSPS) is 14.6. The molecule has 0 atom stereocenters. The van der Waals surface area contributed by atoms with Crippen LogP contribution in [0.15, 0.2) is 24.3 Å². The highest BCUT2D eigenvalue weighted by molar-refractivity contribution is 14.1. The molecule has 0 spiro atoms. The van der Waals surface area contributed by atoms with Crippen molar-refractivity contribution in [1.82, 2.24) is 0 Å². The minimum absolute atomic E-state index is 0.353. The van der Waals surface area contributed by atoms with E-state index >= 15 is 0 Å². The number of anilines is 1. The van der Waals surface area contributed by atoms with Gasteiger partial charge in [-0.15, -0.1) is 0 Å². The Hall–Kier alpha value is -0.710. The van der Waals surface area contributed by atoms with Gasteiger partial charge in [0.2, 0.25) is 0 Å². The molecule has 1 heterocycles. The number of phenolic OH excluding ortho intramolecular Hbond substituents is 1. The van der Waals surface area contributed by atoms with Crippen LogP contribution < -0.4 is 3.11 Å². The topological polar surface area (TPSA) is 23.5 Å². The number of para-hydroxylation sites is 1. The maximum absolute atomic E-state index is 9.55. The predicted molar refractivity (Wildman–Crippen MR) is 58.5 cm³/mol. The summed E-state index contributed by atoms with van der Waals surface area (Å²) in [5.41, 5.74) is 2.00. The Morgan fingerprint density at radius 1 is 1.42 bits per heavy atom. The highest BCUT2D eigenvalue weighted by Crippen LogP contribution is 2.36. The van der Waals surface area contributed by atoms with Gasteiger partial charge in [0.05, 0.1) is 28.6 Å². The molecule has 1 aromatic rings. The smallest absolute Gasteiger partial charge is 0.140 e. The summed E-state index contributed by atoms with van der Waals surface area (Å²) in [6.07, 6.45) is 4.11. The van der Waals surface area contributed by atoms with Crippen molar-refractivity contribution in [1.29, 1.82) is 0 Å². The molecule has 0 fully saturated rings. The second kappa shape index (κ2) is 2.97. The lowest BCUT2D eigenvalue weighted by atomic mass is 10.1. The molecular formula is C9H8INO. The third-order valence-corrected chi connectivity index (χ3v) is 2.73. The Bertz CT molecular complexity index is 335. The molecule has 2 rings (SSSR count). The van der Waals surface area contributed by atoms with Crippen LogP contribution in [0.4, 0.5) is 5.69 Å². The zero-order chi connectivity index (χ0) is 8.55. The lowest BCUT2D eigenvalue weighted by Gasteiger charge is -2.21. The molecule has 0 bridgehead atoms. The number of halogens is 1. The molecule has 3 heteroatoms. The van der Waals surface area contributed by atoms with Crippen molar-refractivity contribution in [3.63, 3.8) is 0 Å². The number of rotatable bonds is 0. The summed E-state index contributed by atoms with van der Waals surface area (Å²) < 4.78 is 2.00. The summed E-state index contributed by atoms with van der Waals surface area (Å²) in [6.45, 7) is 0.852. The van der Waals surface area contributed by atoms with Crippen LogP contribution in [0.1, 0.15) is 5.56 Å². The summed E-state index contributed by atoms with van der Waals surface area (Å²) >= 11 is 2.20. The maximum atomic E-state index is 9.55. The number of hydrogen-bond donors (Lipinski definition) is 1. The van der Waals surface area contributed by atoms with Gasteiger partial charge in [-0.1, -0.05) is 24.3 Å². The molecule has 2 nitrogen and oxygen atoms in total. The Morgan fingerprint density at radius 3 is 3.00 bits per heavy atom. The van der Waals surface area contributed by atoms with Crippen LogP contribution in [0, 0.1) is 0 Å². The van der Waals surface area contributed by atoms with Crippen molar-refractivity contribution >= 4 is 34.6 Å². The quantitative estimate of drug-likeness (QED) is 0.580. The van der Waals surface area contributed by atoms with E-state index in [1.807, 2.05) is 21.3 Å². The zero-order valence-electron chi connectivity index (χ0n) is 6.37. The highest BCUT2D eigenvalue weighted by Gasteiger charge is 2.13. The van der Waals surface area contributed by atoms with E-state index in [0.29, 0.717) is 5.75 Å². The summed E-state index contributed by atoms with van der Waals surface area (Å²) in [6, 6.07) is 5.56. The average Bonchev–Trinajstić information content (AvgIpc) is 2.04. The first-order valence-corrected chi connectivity index (χ1v) is 4.67. The van der Waals surface area contributed by atoms with Crippen molar-refractivity contribution < 1.29 is 5.11 Å². The van der Waals surface area contributed by atoms with Gasteiger partial charge in [0.15, 0.2) is 0 Å². The lowest BCUT2D eigenvalue weighted by molar-refractivity contribution is 0.476. The Balaban J connectivity index is 2.62. The van der Waals surface area contributed by atoms with E-state index in [9.17, 15) is 5.11 Å². The molecular weight excluding hydrogens is 265 g/mol. The molecule has 0 unspecified atom stereocenters. The summed E-state index contributed by atoms with van der Waals surface area (Å²) in [5.74, 6) is 0.353. The Kier molecular flexibility index (Phi) is 1.96. The molecule has 1 aliphatic heterocycles. The fourth-order valence-corrected chi connectivity index (χ4v) is 2.06. The van der Waals surface area contributed by atoms with Crippen LogP contribution in [0.2, 0.25) is 0 Å². The molecule has 0 saturated carbocycles. The average molecular weight is 273 g/mol. The van der Waals surface area contributed by atoms with Gasteiger partial charge < -0.3 is 8.22 Å². The second-order valence-electron chi connectivity index (χ2n) is 2.66. The van der Waals surface area contributed by atoms with Crippen LogP contribution in [-0.4, -0.2) is 11.7 Å². The SMILES string of the molecule is Oc1cccc2c1N(I)CC=C2. The van der Waals surface area contributed by atoms with Crippen molar-refractivity contribution in [2.75, 3.05) is 9.66 Å². The van der Waals surface area contributed by atoms with Gasteiger partial charge in [-0.05, 0) is 6.07 Å². The van der Waals surface area contributed by atoms with E-state index in [1.54, 1.807) is 6.07 Å². The summed E-state index contributed by atoms with van der Waals surface area (Å²) in [5, 5.41) is 9.55. The van der Waals surface area contributed by atoms with Crippen molar-refractivity contribution in [2.24, 2.45) is 0 Å². The molecule has 12 heavy (non-hydrogen) atoms. The number of phenols is 1. The van der Waals surface area contributed by atoms with Crippen LogP contribution in [-0.2, 0) is 0 Å². The van der Waals surface area contributed by atoms with Gasteiger partial charge >= 0.3 is 0 Å². The van der Waals surface area contributed by atoms with E-state index in [0.717, 1.165) is 17.8 Å². The number of hydrogen-bond acceptors (Lipinski definition) is 2. The molecule has 0 radical (unpaired) electrons. The Morgan fingerprint density at radius 2 is 2.25 bits per heavy atom. The van der Waals surface area contributed by atoms with E-state index in [4.69, 9.17) is 0 Å². The minimum Gasteiger partial charge on any atom is -0.506 e. The first-order valence-electron chi connectivity index (χ1n) is 3.71. The third kappa shape index (κ3) is 1.18. The van der Waals surface area contributed by atoms with Crippen LogP contribution >= 0.6 is 22.9 Å². The lowest BCUT2D eigenvalue weighted by Crippen LogP contribution is -2.13. The number of fused-ring (bicyclic) bond motifs is 1. The van der Waals surface area contributed by atoms with Crippen LogP contribution in [0.5, 0.6) is 5.75 Å². The third-order valence-electron chi connectivity index (χ3n) is 1.85. The number of aromatic hydroxyl groups is 1. The zero-order valence-corrected chi connectivity index (χ0v) is 8.52. The van der Waals surface area contributed by atoms with E-state index in [-0.39, 0.29) is 0 Å². The van der Waals surface area contributed by atoms with Gasteiger partial charge in [-0.25, -0.2) is 0 Å². The van der Waals surface area contributed by atoms with Gasteiger partial charge in [0.25, 0.3) is 0 Å². The van der Waals surface area contributed by atoms with Crippen molar-refractivity contribution in [2.45, 2.75) is 0 Å². The minimum atomic E-state index is 0.353. The fourth-order valence-electron chi connectivity index (χ4n) is 1.31. The van der Waals surface area contributed by atoms with E-state index in [1.165, 1.54) is 0 Å². The molecule has 0 aliphatic carbocycles. The molecule has 0 aromatic heterocycles. The first-order chi connectivity index (χ1) is 5.79. The molecule has 0 amide bonds. The summed E-state index contributed by atoms with van der Waals surface area (Å²) in [4.78, 5) is 0. The first kappa shape index (κ1) is 7.91. The standard InChI is InChI=1S/C9H8INO/c10-11-6-2-4-7-3-1-5-8(12)9(7)11/h1-5,12H,6H2. The fraction of sp³-hybridized carbons (Fsp3) is 0.111. The molecule has 62 valence electrons. The van der Waals surface area contributed by atoms with Gasteiger partial charge in [-0.3, -0.25) is 0 Å². The van der Waals surface area contributed by atoms with Gasteiger partial charge in [-0.2, -0.15) is 0 Å². The largest absolute Gasteiger partial charge is 0.506 e. The van der Waals surface area contributed by atoms with E-state index < -0.39 is 0 Å². The van der Waals surface area contributed by atoms with Crippen molar-refractivity contribution in [3.05, 3.63) is 29.8 Å². The van der Waals surface area contributed by atoms with E-state index in [2.05, 4.69) is 28.9 Å². The highest BCUT2D eigenvalue weighted by atomic mass is 127.